The summed E-state index contributed by atoms with van der Waals surface area (Å²) in [6.07, 6.45) is 5.66. The van der Waals surface area contributed by atoms with Gasteiger partial charge in [0, 0.05) is 12.4 Å². The van der Waals surface area contributed by atoms with E-state index in [9.17, 15) is 9.59 Å². The number of ether oxygens (including phenoxy) is 1. The van der Waals surface area contributed by atoms with Gasteiger partial charge in [0.25, 0.3) is 0 Å². The van der Waals surface area contributed by atoms with Crippen LogP contribution in [0, 0.1) is 0 Å². The van der Waals surface area contributed by atoms with Crippen molar-refractivity contribution in [3.05, 3.63) is 137 Å². The smallest absolute Gasteiger partial charge is 0.333 e. The highest BCUT2D eigenvalue weighted by Crippen LogP contribution is 2.33. The molecule has 6 nitrogen and oxygen atoms in total. The number of hydrogen-bond acceptors (Lipinski definition) is 4. The minimum absolute atomic E-state index is 0.0533. The van der Waals surface area contributed by atoms with Gasteiger partial charge in [-0.05, 0) is 85.3 Å². The van der Waals surface area contributed by atoms with Crippen molar-refractivity contribution < 1.29 is 9.53 Å². The summed E-state index contributed by atoms with van der Waals surface area (Å²) in [5, 5.41) is 2.34. The Bertz CT molecular complexity index is 1710. The molecule has 0 spiro atoms. The number of benzene rings is 4. The number of hydrogen-bond donors (Lipinski definition) is 0. The predicted molar refractivity (Wildman–Crippen MR) is 167 cm³/mol. The van der Waals surface area contributed by atoms with Gasteiger partial charge in [-0.1, -0.05) is 84.9 Å². The van der Waals surface area contributed by atoms with Crippen LogP contribution in [-0.4, -0.2) is 39.7 Å². The zero-order valence-corrected chi connectivity index (χ0v) is 24.2. The molecule has 0 saturated carbocycles. The van der Waals surface area contributed by atoms with Crippen LogP contribution in [0.3, 0.4) is 0 Å². The Morgan fingerprint density at radius 2 is 1.55 bits per heavy atom. The van der Waals surface area contributed by atoms with E-state index in [0.29, 0.717) is 12.5 Å². The molecule has 4 aromatic carbocycles. The molecule has 0 amide bonds. The number of aromatic nitrogens is 2. The van der Waals surface area contributed by atoms with Crippen LogP contribution in [0.15, 0.2) is 114 Å². The van der Waals surface area contributed by atoms with E-state index in [1.54, 1.807) is 9.13 Å². The van der Waals surface area contributed by atoms with Gasteiger partial charge >= 0.3 is 11.7 Å². The van der Waals surface area contributed by atoms with Crippen molar-refractivity contribution in [3.63, 3.8) is 0 Å². The lowest BCUT2D eigenvalue weighted by atomic mass is 9.88. The Balaban J connectivity index is 1.16. The number of carbonyl (C=O) groups excluding carboxylic acids is 1. The molecule has 1 unspecified atom stereocenters. The summed E-state index contributed by atoms with van der Waals surface area (Å²) in [6.45, 7) is 5.94. The Labute approximate surface area is 246 Å². The average Bonchev–Trinajstić information content (AvgIpc) is 3.42. The molecular weight excluding hydrogens is 522 g/mol. The van der Waals surface area contributed by atoms with Gasteiger partial charge in [-0.2, -0.15) is 0 Å². The highest BCUT2D eigenvalue weighted by Gasteiger charge is 2.32. The van der Waals surface area contributed by atoms with Crippen LogP contribution in [0.4, 0.5) is 0 Å². The van der Waals surface area contributed by atoms with Gasteiger partial charge in [0.2, 0.25) is 0 Å². The lowest BCUT2D eigenvalue weighted by Crippen LogP contribution is -2.40. The van der Waals surface area contributed by atoms with Crippen LogP contribution >= 0.6 is 0 Å². The van der Waals surface area contributed by atoms with E-state index in [1.165, 1.54) is 16.3 Å². The van der Waals surface area contributed by atoms with E-state index in [1.807, 2.05) is 73.9 Å². The van der Waals surface area contributed by atoms with Crippen molar-refractivity contribution in [3.8, 4) is 5.69 Å². The molecule has 1 aromatic heterocycles. The normalized spacial score (nSPS) is 15.9. The lowest BCUT2D eigenvalue weighted by Gasteiger charge is -2.36. The topological polar surface area (TPSA) is 56.5 Å². The third-order valence-electron chi connectivity index (χ3n) is 8.66. The van der Waals surface area contributed by atoms with Crippen molar-refractivity contribution in [2.45, 2.75) is 44.7 Å². The largest absolute Gasteiger partial charge is 0.465 e. The molecule has 42 heavy (non-hydrogen) atoms. The van der Waals surface area contributed by atoms with Crippen molar-refractivity contribution in [2.75, 3.05) is 19.7 Å². The maximum absolute atomic E-state index is 13.5. The Hall–Kier alpha value is -4.42. The third kappa shape index (κ3) is 5.42. The first-order valence-electron chi connectivity index (χ1n) is 14.9. The zero-order chi connectivity index (χ0) is 29.1. The SMILES string of the molecule is CCOC(=O)C(c1ccccc1)N1CCC(c2ccc(-n3ccn([C@H](C)c4cccc5ccccc45)c3=O)cc2)CC1. The molecule has 214 valence electrons. The molecule has 2 heterocycles. The molecule has 1 saturated heterocycles. The second-order valence-electron chi connectivity index (χ2n) is 11.1. The zero-order valence-electron chi connectivity index (χ0n) is 24.2. The summed E-state index contributed by atoms with van der Waals surface area (Å²) in [7, 11) is 0. The number of carbonyl (C=O) groups is 1. The lowest BCUT2D eigenvalue weighted by molar-refractivity contribution is -0.150. The number of likely N-dealkylation sites (tertiary alicyclic amines) is 1. The third-order valence-corrected chi connectivity index (χ3v) is 8.66. The van der Waals surface area contributed by atoms with Crippen LogP contribution in [0.25, 0.3) is 16.5 Å². The fraction of sp³-hybridized carbons (Fsp3) is 0.278. The van der Waals surface area contributed by atoms with Gasteiger partial charge in [0.15, 0.2) is 0 Å². The highest BCUT2D eigenvalue weighted by molar-refractivity contribution is 5.86. The van der Waals surface area contributed by atoms with Gasteiger partial charge in [-0.3, -0.25) is 14.0 Å². The number of fused-ring (bicyclic) bond motifs is 1. The van der Waals surface area contributed by atoms with E-state index in [4.69, 9.17) is 4.74 Å². The van der Waals surface area contributed by atoms with Gasteiger partial charge in [-0.15, -0.1) is 0 Å². The first-order valence-corrected chi connectivity index (χ1v) is 14.9. The molecule has 0 radical (unpaired) electrons. The highest BCUT2D eigenvalue weighted by atomic mass is 16.5. The summed E-state index contributed by atoms with van der Waals surface area (Å²) in [4.78, 5) is 28.6. The molecule has 1 aliphatic rings. The second kappa shape index (κ2) is 12.2. The van der Waals surface area contributed by atoms with Crippen molar-refractivity contribution in [2.24, 2.45) is 0 Å². The number of imidazole rings is 1. The van der Waals surface area contributed by atoms with Gasteiger partial charge < -0.3 is 4.74 Å². The van der Waals surface area contributed by atoms with E-state index < -0.39 is 0 Å². The summed E-state index contributed by atoms with van der Waals surface area (Å²) in [5.74, 6) is 0.222. The monoisotopic (exact) mass is 559 g/mol. The van der Waals surface area contributed by atoms with Crippen LogP contribution in [0.1, 0.15) is 61.4 Å². The second-order valence-corrected chi connectivity index (χ2v) is 11.1. The van der Waals surface area contributed by atoms with Crippen molar-refractivity contribution in [1.29, 1.82) is 0 Å². The Morgan fingerprint density at radius 3 is 2.29 bits per heavy atom. The fourth-order valence-electron chi connectivity index (χ4n) is 6.40. The van der Waals surface area contributed by atoms with E-state index in [0.717, 1.165) is 42.7 Å². The number of rotatable bonds is 8. The van der Waals surface area contributed by atoms with Gasteiger partial charge in [0.05, 0.1) is 18.3 Å². The first-order chi connectivity index (χ1) is 20.5. The predicted octanol–water partition coefficient (Wildman–Crippen LogP) is 6.89. The molecule has 0 bridgehead atoms. The molecule has 0 N–H and O–H groups in total. The van der Waals surface area contributed by atoms with Gasteiger partial charge in [0.1, 0.15) is 6.04 Å². The molecule has 5 aromatic rings. The summed E-state index contributed by atoms with van der Waals surface area (Å²) >= 11 is 0. The Morgan fingerprint density at radius 1 is 0.857 bits per heavy atom. The standard InChI is InChI=1S/C36H37N3O3/c1-3-42-35(40)34(30-11-5-4-6-12-30)37-22-20-28(21-23-37)27-16-18-31(19-17-27)39-25-24-38(36(39)41)26(2)32-15-9-13-29-10-7-8-14-33(29)32/h4-19,24-26,28,34H,3,20-23H2,1-2H3/t26-,34?/m1/s1. The number of esters is 1. The quantitative estimate of drug-likeness (QED) is 0.194. The first kappa shape index (κ1) is 27.7. The minimum atomic E-state index is -0.373. The maximum atomic E-state index is 13.5. The van der Waals surface area contributed by atoms with Gasteiger partial charge in [-0.25, -0.2) is 9.59 Å². The van der Waals surface area contributed by atoms with E-state index in [-0.39, 0.29) is 23.7 Å². The molecule has 0 aliphatic carbocycles. The van der Waals surface area contributed by atoms with E-state index in [2.05, 4.69) is 54.3 Å². The summed E-state index contributed by atoms with van der Waals surface area (Å²) in [6, 6.07) is 32.4. The fourth-order valence-corrected chi connectivity index (χ4v) is 6.40. The Kier molecular flexibility index (Phi) is 8.06. The number of nitrogens with zero attached hydrogens (tertiary/aromatic N) is 3. The van der Waals surface area contributed by atoms with Crippen LogP contribution in [0.5, 0.6) is 0 Å². The van der Waals surface area contributed by atoms with Crippen molar-refractivity contribution in [1.82, 2.24) is 14.0 Å². The number of piperidine rings is 1. The van der Waals surface area contributed by atoms with Crippen LogP contribution in [0.2, 0.25) is 0 Å². The van der Waals surface area contributed by atoms with Crippen LogP contribution in [-0.2, 0) is 9.53 Å². The van der Waals surface area contributed by atoms with E-state index >= 15 is 0 Å². The molecular formula is C36H37N3O3. The van der Waals surface area contributed by atoms with Crippen molar-refractivity contribution >= 4 is 16.7 Å². The molecule has 6 rings (SSSR count). The summed E-state index contributed by atoms with van der Waals surface area (Å²) in [5.41, 5.74) is 4.18. The van der Waals surface area contributed by atoms with Crippen LogP contribution < -0.4 is 5.69 Å². The minimum Gasteiger partial charge on any atom is -0.465 e. The average molecular weight is 560 g/mol. The molecule has 1 aliphatic heterocycles. The summed E-state index contributed by atoms with van der Waals surface area (Å²) < 4.78 is 8.96. The maximum Gasteiger partial charge on any atom is 0.333 e. The molecule has 1 fully saturated rings. The molecule has 6 heteroatoms. The molecule has 2 atom stereocenters.